The van der Waals surface area contributed by atoms with Gasteiger partial charge in [0.15, 0.2) is 11.5 Å². The molecule has 31 heavy (non-hydrogen) atoms. The van der Waals surface area contributed by atoms with Crippen molar-refractivity contribution in [2.75, 3.05) is 27.3 Å². The number of piperidine rings is 1. The topological polar surface area (TPSA) is 80.3 Å². The minimum atomic E-state index is -0.162. The summed E-state index contributed by atoms with van der Waals surface area (Å²) in [6, 6.07) is 11.8. The summed E-state index contributed by atoms with van der Waals surface area (Å²) < 4.78 is 11.9. The molecule has 8 heteroatoms. The Morgan fingerprint density at radius 3 is 2.55 bits per heavy atom. The standard InChI is InChI=1S/C23H24N4O3S/c1-29-18-11-15-17(12-19(18)30-2)24-21(26-22(15)28)13-27-9-7-14(8-10-27)23-25-16-5-3-4-6-20(16)31-23/h3-6,11-12,14H,7-10,13H2,1-2H3,(H,24,26,28). The van der Waals surface area contributed by atoms with Gasteiger partial charge in [-0.05, 0) is 44.1 Å². The van der Waals surface area contributed by atoms with E-state index in [2.05, 4.69) is 33.1 Å². The van der Waals surface area contributed by atoms with Crippen molar-refractivity contribution in [1.82, 2.24) is 19.9 Å². The molecule has 0 atom stereocenters. The molecular weight excluding hydrogens is 412 g/mol. The summed E-state index contributed by atoms with van der Waals surface area (Å²) in [6.07, 6.45) is 2.12. The number of benzene rings is 2. The Labute approximate surface area is 183 Å². The third kappa shape index (κ3) is 3.88. The number of nitrogens with zero attached hydrogens (tertiary/aromatic N) is 3. The highest BCUT2D eigenvalue weighted by molar-refractivity contribution is 7.18. The van der Waals surface area contributed by atoms with E-state index >= 15 is 0 Å². The number of thiazole rings is 1. The van der Waals surface area contributed by atoms with Crippen molar-refractivity contribution in [3.8, 4) is 11.5 Å². The molecule has 1 fully saturated rings. The van der Waals surface area contributed by atoms with E-state index in [0.29, 0.717) is 40.7 Å². The van der Waals surface area contributed by atoms with Crippen molar-refractivity contribution in [3.05, 3.63) is 57.6 Å². The molecule has 3 heterocycles. The highest BCUT2D eigenvalue weighted by Gasteiger charge is 2.24. The number of hydrogen-bond donors (Lipinski definition) is 1. The summed E-state index contributed by atoms with van der Waals surface area (Å²) in [5.41, 5.74) is 1.54. The average Bonchev–Trinajstić information content (AvgIpc) is 3.23. The van der Waals surface area contributed by atoms with Gasteiger partial charge in [-0.3, -0.25) is 9.69 Å². The van der Waals surface area contributed by atoms with E-state index in [9.17, 15) is 4.79 Å². The summed E-state index contributed by atoms with van der Waals surface area (Å²) in [4.78, 5) is 27.4. The van der Waals surface area contributed by atoms with Gasteiger partial charge in [0.25, 0.3) is 5.56 Å². The number of para-hydroxylation sites is 1. The van der Waals surface area contributed by atoms with Gasteiger partial charge >= 0.3 is 0 Å². The second kappa shape index (κ2) is 8.28. The molecule has 0 saturated carbocycles. The number of nitrogens with one attached hydrogen (secondary N) is 1. The molecule has 1 aliphatic heterocycles. The number of likely N-dealkylation sites (tertiary alicyclic amines) is 1. The Balaban J connectivity index is 1.31. The number of fused-ring (bicyclic) bond motifs is 2. The quantitative estimate of drug-likeness (QED) is 0.511. The van der Waals surface area contributed by atoms with Crippen molar-refractivity contribution in [2.45, 2.75) is 25.3 Å². The highest BCUT2D eigenvalue weighted by Crippen LogP contribution is 2.34. The van der Waals surface area contributed by atoms with E-state index in [1.165, 1.54) is 9.71 Å². The maximum atomic E-state index is 12.6. The van der Waals surface area contributed by atoms with Crippen molar-refractivity contribution in [1.29, 1.82) is 0 Å². The molecule has 0 bridgehead atoms. The van der Waals surface area contributed by atoms with Gasteiger partial charge in [0, 0.05) is 12.0 Å². The number of methoxy groups -OCH3 is 2. The first-order valence-corrected chi connectivity index (χ1v) is 11.2. The van der Waals surface area contributed by atoms with Crippen molar-refractivity contribution in [3.63, 3.8) is 0 Å². The van der Waals surface area contributed by atoms with Crippen LogP contribution in [-0.4, -0.2) is 47.2 Å². The van der Waals surface area contributed by atoms with Crippen LogP contribution in [0.5, 0.6) is 11.5 Å². The second-order valence-electron chi connectivity index (χ2n) is 7.81. The van der Waals surface area contributed by atoms with Crippen LogP contribution in [0.1, 0.15) is 29.6 Å². The van der Waals surface area contributed by atoms with Crippen LogP contribution < -0.4 is 15.0 Å². The molecule has 0 spiro atoms. The van der Waals surface area contributed by atoms with Gasteiger partial charge in [-0.25, -0.2) is 9.97 Å². The lowest BCUT2D eigenvalue weighted by atomic mass is 9.97. The number of aromatic amines is 1. The molecule has 0 unspecified atom stereocenters. The smallest absolute Gasteiger partial charge is 0.258 e. The molecule has 1 N–H and O–H groups in total. The Kier molecular flexibility index (Phi) is 5.33. The molecule has 4 aromatic rings. The van der Waals surface area contributed by atoms with Gasteiger partial charge in [0.2, 0.25) is 0 Å². The zero-order chi connectivity index (χ0) is 21.4. The molecule has 1 saturated heterocycles. The molecular formula is C23H24N4O3S. The molecule has 5 rings (SSSR count). The number of hydrogen-bond acceptors (Lipinski definition) is 7. The fourth-order valence-corrected chi connectivity index (χ4v) is 5.34. The van der Waals surface area contributed by atoms with Crippen LogP contribution >= 0.6 is 11.3 Å². The van der Waals surface area contributed by atoms with Crippen molar-refractivity contribution >= 4 is 32.5 Å². The summed E-state index contributed by atoms with van der Waals surface area (Å²) >= 11 is 1.81. The number of rotatable bonds is 5. The van der Waals surface area contributed by atoms with Gasteiger partial charge in [-0.1, -0.05) is 12.1 Å². The first kappa shape index (κ1) is 20.0. The van der Waals surface area contributed by atoms with Crippen molar-refractivity contribution in [2.24, 2.45) is 0 Å². The maximum Gasteiger partial charge on any atom is 0.258 e. The highest BCUT2D eigenvalue weighted by atomic mass is 32.1. The summed E-state index contributed by atoms with van der Waals surface area (Å²) in [6.45, 7) is 2.52. The molecule has 0 radical (unpaired) electrons. The number of H-pyrrole nitrogens is 1. The summed E-state index contributed by atoms with van der Waals surface area (Å²) in [7, 11) is 3.13. The lowest BCUT2D eigenvalue weighted by Crippen LogP contribution is -2.33. The van der Waals surface area contributed by atoms with Crippen LogP contribution in [0, 0.1) is 0 Å². The zero-order valence-electron chi connectivity index (χ0n) is 17.6. The van der Waals surface area contributed by atoms with E-state index in [4.69, 9.17) is 14.5 Å². The molecule has 160 valence electrons. The minimum Gasteiger partial charge on any atom is -0.493 e. The number of aromatic nitrogens is 3. The van der Waals surface area contributed by atoms with Gasteiger partial charge in [0.05, 0.1) is 46.9 Å². The van der Waals surface area contributed by atoms with Crippen LogP contribution in [-0.2, 0) is 6.54 Å². The monoisotopic (exact) mass is 436 g/mol. The summed E-state index contributed by atoms with van der Waals surface area (Å²) in [5, 5.41) is 1.73. The molecule has 7 nitrogen and oxygen atoms in total. The maximum absolute atomic E-state index is 12.6. The van der Waals surface area contributed by atoms with Crippen LogP contribution in [0.15, 0.2) is 41.2 Å². The lowest BCUT2D eigenvalue weighted by Gasteiger charge is -2.30. The lowest BCUT2D eigenvalue weighted by molar-refractivity contribution is 0.200. The van der Waals surface area contributed by atoms with Crippen LogP contribution in [0.4, 0.5) is 0 Å². The SMILES string of the molecule is COc1cc2nc(CN3CCC(c4nc5ccccc5s4)CC3)[nH]c(=O)c2cc1OC. The van der Waals surface area contributed by atoms with E-state index < -0.39 is 0 Å². The third-order valence-corrected chi connectivity index (χ3v) is 7.08. The zero-order valence-corrected chi connectivity index (χ0v) is 18.4. The minimum absolute atomic E-state index is 0.162. The Morgan fingerprint density at radius 1 is 1.06 bits per heavy atom. The Hall–Kier alpha value is -2.97. The van der Waals surface area contributed by atoms with E-state index in [0.717, 1.165) is 31.4 Å². The van der Waals surface area contributed by atoms with E-state index in [1.54, 1.807) is 26.4 Å². The van der Waals surface area contributed by atoms with Gasteiger partial charge in [0.1, 0.15) is 5.82 Å². The first-order chi connectivity index (χ1) is 15.1. The second-order valence-corrected chi connectivity index (χ2v) is 8.87. The van der Waals surface area contributed by atoms with Gasteiger partial charge < -0.3 is 14.5 Å². The predicted molar refractivity (Wildman–Crippen MR) is 122 cm³/mol. The van der Waals surface area contributed by atoms with Crippen LogP contribution in [0.3, 0.4) is 0 Å². The van der Waals surface area contributed by atoms with E-state index in [1.807, 2.05) is 17.4 Å². The van der Waals surface area contributed by atoms with Gasteiger partial charge in [-0.2, -0.15) is 0 Å². The van der Waals surface area contributed by atoms with Gasteiger partial charge in [-0.15, -0.1) is 11.3 Å². The Bertz CT molecular complexity index is 1260. The van der Waals surface area contributed by atoms with Crippen molar-refractivity contribution < 1.29 is 9.47 Å². The largest absolute Gasteiger partial charge is 0.493 e. The summed E-state index contributed by atoms with van der Waals surface area (Å²) in [5.74, 6) is 2.25. The first-order valence-electron chi connectivity index (χ1n) is 10.4. The molecule has 2 aromatic carbocycles. The fourth-order valence-electron chi connectivity index (χ4n) is 4.20. The average molecular weight is 437 g/mol. The molecule has 0 aliphatic carbocycles. The number of ether oxygens (including phenoxy) is 2. The molecule has 0 amide bonds. The predicted octanol–water partition coefficient (Wildman–Crippen LogP) is 3.93. The molecule has 2 aromatic heterocycles. The van der Waals surface area contributed by atoms with E-state index in [-0.39, 0.29) is 5.56 Å². The van der Waals surface area contributed by atoms with Crippen LogP contribution in [0.2, 0.25) is 0 Å². The molecule has 1 aliphatic rings. The fraction of sp³-hybridized carbons (Fsp3) is 0.348. The van der Waals surface area contributed by atoms with Crippen LogP contribution in [0.25, 0.3) is 21.1 Å². The third-order valence-electron chi connectivity index (χ3n) is 5.88. The Morgan fingerprint density at radius 2 is 1.81 bits per heavy atom. The normalized spacial score (nSPS) is 15.5.